The first-order chi connectivity index (χ1) is 11.4. The van der Waals surface area contributed by atoms with Gasteiger partial charge in [-0.3, -0.25) is 14.4 Å². The Balaban J connectivity index is 2.71. The van der Waals surface area contributed by atoms with Crippen LogP contribution in [-0.4, -0.2) is 52.7 Å². The normalized spacial score (nSPS) is 22.2. The van der Waals surface area contributed by atoms with E-state index < -0.39 is 42.9 Å². The van der Waals surface area contributed by atoms with Crippen molar-refractivity contribution < 1.29 is 24.6 Å². The molecule has 138 valence electrons. The molecule has 1 rings (SSSR count). The summed E-state index contributed by atoms with van der Waals surface area (Å²) in [6.07, 6.45) is 1.43. The van der Waals surface area contributed by atoms with Crippen LogP contribution in [0.1, 0.15) is 47.0 Å². The van der Waals surface area contributed by atoms with Gasteiger partial charge >= 0.3 is 5.97 Å². The molecule has 1 aliphatic rings. The van der Waals surface area contributed by atoms with E-state index in [2.05, 4.69) is 43.4 Å². The van der Waals surface area contributed by atoms with Crippen LogP contribution in [0.2, 0.25) is 0 Å². The Morgan fingerprint density at radius 3 is 2.21 bits per heavy atom. The lowest BCUT2D eigenvalue weighted by atomic mass is 9.78. The summed E-state index contributed by atoms with van der Waals surface area (Å²) < 4.78 is 6.45. The molecule has 0 aromatic rings. The summed E-state index contributed by atoms with van der Waals surface area (Å²) in [4.78, 5) is 35.4. The second-order valence-corrected chi connectivity index (χ2v) is 7.85. The third-order valence-electron chi connectivity index (χ3n) is 4.80. The highest BCUT2D eigenvalue weighted by molar-refractivity contribution is 5.91. The first-order valence-electron chi connectivity index (χ1n) is 8.48. The van der Waals surface area contributed by atoms with E-state index in [4.69, 9.17) is 7.16 Å². The Morgan fingerprint density at radius 1 is 1.21 bits per heavy atom. The third-order valence-corrected chi connectivity index (χ3v) is 4.80. The summed E-state index contributed by atoms with van der Waals surface area (Å²) in [5, 5.41) is 18.4. The minimum absolute atomic E-state index is 0.0997. The first kappa shape index (κ1) is 18.7. The van der Waals surface area contributed by atoms with Crippen LogP contribution >= 0.6 is 0 Å². The predicted molar refractivity (Wildman–Crippen MR) is 88.0 cm³/mol. The summed E-state index contributed by atoms with van der Waals surface area (Å²) in [7, 11) is 0. The molecule has 0 unspecified atom stereocenters. The van der Waals surface area contributed by atoms with Gasteiger partial charge in [0, 0.05) is 6.04 Å². The molecule has 0 saturated heterocycles. The number of aliphatic carboxylic acids is 1. The van der Waals surface area contributed by atoms with E-state index >= 15 is 0 Å². The van der Waals surface area contributed by atoms with Crippen LogP contribution in [0.25, 0.3) is 1.43 Å². The molecule has 1 aliphatic carbocycles. The molecule has 8 heteroatoms. The number of carbonyl (C=O) groups is 3. The maximum atomic E-state index is 12.5. The lowest BCUT2D eigenvalue weighted by molar-refractivity contribution is -0.139. The van der Waals surface area contributed by atoms with Crippen LogP contribution in [0.15, 0.2) is 0 Å². The van der Waals surface area contributed by atoms with Crippen LogP contribution in [0.4, 0.5) is 0 Å². The zero-order valence-corrected chi connectivity index (χ0v) is 14.7. The van der Waals surface area contributed by atoms with Crippen LogP contribution in [0.3, 0.4) is 0 Å². The topological polar surface area (TPSA) is 142 Å². The minimum atomic E-state index is -1.26. The van der Waals surface area contributed by atoms with E-state index in [9.17, 15) is 19.5 Å². The number of rotatable bonds is 7. The van der Waals surface area contributed by atoms with Gasteiger partial charge in [0.15, 0.2) is 0 Å². The van der Waals surface area contributed by atoms with Gasteiger partial charge < -0.3 is 26.6 Å². The molecule has 6 N–H and O–H groups in total. The Bertz CT molecular complexity index is 508. The van der Waals surface area contributed by atoms with Crippen molar-refractivity contribution in [3.05, 3.63) is 0 Å². The molecule has 0 aromatic heterocycles. The summed E-state index contributed by atoms with van der Waals surface area (Å²) in [6, 6.07) is -2.54. The van der Waals surface area contributed by atoms with Crippen molar-refractivity contribution in [2.75, 3.05) is 6.61 Å². The van der Waals surface area contributed by atoms with Crippen molar-refractivity contribution in [1.29, 1.82) is 1.43 Å². The molecule has 2 atom stereocenters. The molecule has 8 nitrogen and oxygen atoms in total. The van der Waals surface area contributed by atoms with Gasteiger partial charge in [0.1, 0.15) is 6.04 Å². The maximum Gasteiger partial charge on any atom is 0.305 e. The van der Waals surface area contributed by atoms with Gasteiger partial charge in [-0.2, -0.15) is 0 Å². The number of carboxylic acids is 1. The Labute approximate surface area is 143 Å². The Kier molecular flexibility index (Phi) is 5.82. The molecule has 24 heavy (non-hydrogen) atoms. The number of aliphatic hydroxyl groups excluding tert-OH is 1. The first-order valence-corrected chi connectivity index (χ1v) is 8.08. The number of hydrogen-bond acceptors (Lipinski definition) is 6. The van der Waals surface area contributed by atoms with Gasteiger partial charge in [-0.05, 0) is 23.7 Å². The summed E-state index contributed by atoms with van der Waals surface area (Å²) >= 11 is 0. The smallest absolute Gasteiger partial charge is 0.305 e. The van der Waals surface area contributed by atoms with E-state index in [0.29, 0.717) is 0 Å². The average molecular weight is 344 g/mol. The standard InChI is InChI=1S/C16H29N3O5/c1-15(2)5-6-16(3,4)14(15)19-13(24)10(8-20)18-12(23)9(17)7-11(21)22/h9-10,14,20H,5-8,17H2,1-4H3,(H,18,23)(H,19,24)(H,21,22)/t9-,10-/m0/s1/i/hD. The van der Waals surface area contributed by atoms with Crippen LogP contribution < -0.4 is 16.4 Å². The molecule has 0 bridgehead atoms. The second kappa shape index (κ2) is 7.48. The van der Waals surface area contributed by atoms with Gasteiger partial charge in [0.2, 0.25) is 11.8 Å². The third kappa shape index (κ3) is 4.91. The number of hydrogen-bond donors (Lipinski definition) is 5. The van der Waals surface area contributed by atoms with Crippen molar-refractivity contribution in [3.63, 3.8) is 0 Å². The van der Waals surface area contributed by atoms with Crippen molar-refractivity contribution in [1.82, 2.24) is 10.6 Å². The highest BCUT2D eigenvalue weighted by atomic mass is 16.4. The van der Waals surface area contributed by atoms with E-state index in [1.807, 2.05) is 0 Å². The largest absolute Gasteiger partial charge is 0.481 e. The van der Waals surface area contributed by atoms with Crippen molar-refractivity contribution in [2.45, 2.75) is 65.1 Å². The number of aliphatic hydroxyl groups is 1. The van der Waals surface area contributed by atoms with Crippen molar-refractivity contribution in [3.8, 4) is 0 Å². The van der Waals surface area contributed by atoms with E-state index in [-0.39, 0.29) is 16.9 Å². The predicted octanol–water partition coefficient (Wildman–Crippen LogP) is -0.403. The fraction of sp³-hybridized carbons (Fsp3) is 0.812. The Hall–Kier alpha value is -1.67. The van der Waals surface area contributed by atoms with E-state index in [0.717, 1.165) is 12.8 Å². The molecule has 0 heterocycles. The highest BCUT2D eigenvalue weighted by Crippen LogP contribution is 2.48. The monoisotopic (exact) mass is 344 g/mol. The van der Waals surface area contributed by atoms with Gasteiger partial charge in [0.25, 0.3) is 1.43 Å². The average Bonchev–Trinajstić information content (AvgIpc) is 2.74. The second-order valence-electron chi connectivity index (χ2n) is 7.85. The molecule has 2 amide bonds. The fourth-order valence-corrected chi connectivity index (χ4v) is 3.37. The molecular weight excluding hydrogens is 314 g/mol. The number of carbonyl (C=O) groups excluding carboxylic acids is 2. The lowest BCUT2D eigenvalue weighted by Crippen LogP contribution is -2.58. The quantitative estimate of drug-likeness (QED) is 0.425. The Morgan fingerprint density at radius 2 is 1.75 bits per heavy atom. The zero-order valence-electron chi connectivity index (χ0n) is 15.7. The van der Waals surface area contributed by atoms with Crippen LogP contribution in [0.5, 0.6) is 0 Å². The molecule has 0 aromatic carbocycles. The van der Waals surface area contributed by atoms with Gasteiger partial charge in [0.05, 0.1) is 19.1 Å². The number of nitrogens with one attached hydrogen (secondary N) is 2. The van der Waals surface area contributed by atoms with E-state index in [1.54, 1.807) is 0 Å². The fourth-order valence-electron chi connectivity index (χ4n) is 3.37. The summed E-state index contributed by atoms with van der Waals surface area (Å²) in [5.74, 6) is -2.23. The summed E-state index contributed by atoms with van der Waals surface area (Å²) in [6.45, 7) is 7.69. The SMILES string of the molecule is [2H]OC(=O)C[C@H](N)C(=O)N[C@@H](CO)C(=O)NC1C(C)(C)CCC1(C)C. The highest BCUT2D eigenvalue weighted by Gasteiger charge is 2.48. The number of amides is 2. The van der Waals surface area contributed by atoms with Gasteiger partial charge in [-0.1, -0.05) is 27.7 Å². The van der Waals surface area contributed by atoms with Gasteiger partial charge in [-0.25, -0.2) is 0 Å². The minimum Gasteiger partial charge on any atom is -0.481 e. The molecule has 1 fully saturated rings. The number of carboxylic acid groups (broad SMARTS) is 1. The zero-order chi connectivity index (χ0) is 19.4. The molecular formula is C16H29N3O5. The van der Waals surface area contributed by atoms with Crippen molar-refractivity contribution in [2.24, 2.45) is 16.6 Å². The molecule has 0 spiro atoms. The molecule has 0 radical (unpaired) electrons. The van der Waals surface area contributed by atoms with E-state index in [1.165, 1.54) is 0 Å². The lowest BCUT2D eigenvalue weighted by Gasteiger charge is -2.37. The molecule has 0 aliphatic heterocycles. The number of nitrogens with two attached hydrogens (primary N) is 1. The van der Waals surface area contributed by atoms with Crippen LogP contribution in [-0.2, 0) is 14.4 Å². The van der Waals surface area contributed by atoms with Crippen LogP contribution in [0, 0.1) is 10.8 Å². The molecule has 1 saturated carbocycles. The maximum absolute atomic E-state index is 12.5. The van der Waals surface area contributed by atoms with Crippen molar-refractivity contribution >= 4 is 17.8 Å². The summed E-state index contributed by atoms with van der Waals surface area (Å²) in [5.41, 5.74) is 5.34. The van der Waals surface area contributed by atoms with Gasteiger partial charge in [-0.15, -0.1) is 0 Å².